The van der Waals surface area contributed by atoms with E-state index in [4.69, 9.17) is 4.74 Å². The van der Waals surface area contributed by atoms with Crippen LogP contribution in [0.4, 0.5) is 8.78 Å². The quantitative estimate of drug-likeness (QED) is 0.291. The molecule has 218 valence electrons. The van der Waals surface area contributed by atoms with Gasteiger partial charge < -0.3 is 15.0 Å². The van der Waals surface area contributed by atoms with Gasteiger partial charge in [-0.15, -0.1) is 10.2 Å². The van der Waals surface area contributed by atoms with Crippen molar-refractivity contribution in [3.63, 3.8) is 0 Å². The van der Waals surface area contributed by atoms with E-state index in [1.165, 1.54) is 46.1 Å². The highest BCUT2D eigenvalue weighted by atomic mass is 19.1. The lowest BCUT2D eigenvalue weighted by atomic mass is 9.94. The van der Waals surface area contributed by atoms with Crippen LogP contribution < -0.4 is 10.1 Å². The largest absolute Gasteiger partial charge is 0.497 e. The molecule has 1 saturated carbocycles. The average Bonchev–Trinajstić information content (AvgIpc) is 3.47. The van der Waals surface area contributed by atoms with Gasteiger partial charge in [-0.2, -0.15) is 4.80 Å². The van der Waals surface area contributed by atoms with Crippen molar-refractivity contribution in [1.29, 1.82) is 0 Å². The summed E-state index contributed by atoms with van der Waals surface area (Å²) in [5, 5.41) is 15.6. The van der Waals surface area contributed by atoms with Gasteiger partial charge in [-0.3, -0.25) is 9.59 Å². The molecule has 5 rings (SSSR count). The van der Waals surface area contributed by atoms with Gasteiger partial charge in [0.15, 0.2) is 0 Å². The Morgan fingerprint density at radius 1 is 0.952 bits per heavy atom. The maximum atomic E-state index is 13.9. The molecular weight excluding hydrogens is 542 g/mol. The Hall–Kier alpha value is -4.67. The van der Waals surface area contributed by atoms with Crippen molar-refractivity contribution in [3.05, 3.63) is 95.6 Å². The summed E-state index contributed by atoms with van der Waals surface area (Å²) in [6.45, 7) is -0.308. The summed E-state index contributed by atoms with van der Waals surface area (Å²) < 4.78 is 32.8. The zero-order valence-electron chi connectivity index (χ0n) is 23.2. The van der Waals surface area contributed by atoms with Gasteiger partial charge in [-0.1, -0.05) is 43.5 Å². The lowest BCUT2D eigenvalue weighted by Crippen LogP contribution is -2.47. The number of hydrogen-bond donors (Lipinski definition) is 1. The van der Waals surface area contributed by atoms with Crippen LogP contribution in [0.1, 0.15) is 49.3 Å². The molecule has 9 nitrogen and oxygen atoms in total. The van der Waals surface area contributed by atoms with Gasteiger partial charge in [0.1, 0.15) is 30.0 Å². The van der Waals surface area contributed by atoms with Crippen LogP contribution in [0, 0.1) is 11.6 Å². The number of halogens is 2. The molecular formula is C31H32F2N6O3. The zero-order valence-corrected chi connectivity index (χ0v) is 23.2. The van der Waals surface area contributed by atoms with Crippen molar-refractivity contribution in [2.75, 3.05) is 7.11 Å². The molecule has 0 unspecified atom stereocenters. The molecule has 0 saturated heterocycles. The number of nitrogens with one attached hydrogen (secondary N) is 1. The molecule has 4 aromatic rings. The molecule has 1 aliphatic rings. The van der Waals surface area contributed by atoms with Crippen LogP contribution in [0.2, 0.25) is 0 Å². The number of rotatable bonds is 10. The third-order valence-electron chi connectivity index (χ3n) is 7.36. The molecule has 3 aromatic carbocycles. The molecule has 42 heavy (non-hydrogen) atoms. The Morgan fingerprint density at radius 3 is 2.24 bits per heavy atom. The SMILES string of the molecule is COc1ccc(-c2nnn(CC(=O)N(Cc3ccc(F)cc3)[C@H](C(=O)NC3CCCCC3)c3ccc(F)cc3)n2)cc1. The van der Waals surface area contributed by atoms with Gasteiger partial charge in [-0.25, -0.2) is 8.78 Å². The highest BCUT2D eigenvalue weighted by molar-refractivity contribution is 5.89. The first-order valence-corrected chi connectivity index (χ1v) is 13.9. The first-order valence-electron chi connectivity index (χ1n) is 13.9. The maximum Gasteiger partial charge on any atom is 0.247 e. The van der Waals surface area contributed by atoms with Crippen molar-refractivity contribution in [3.8, 4) is 17.1 Å². The van der Waals surface area contributed by atoms with Crippen molar-refractivity contribution in [1.82, 2.24) is 30.4 Å². The number of carbonyl (C=O) groups is 2. The summed E-state index contributed by atoms with van der Waals surface area (Å²) >= 11 is 0. The number of benzene rings is 3. The van der Waals surface area contributed by atoms with Gasteiger partial charge in [0.05, 0.1) is 7.11 Å². The molecule has 1 aromatic heterocycles. The van der Waals surface area contributed by atoms with E-state index in [1.54, 1.807) is 43.5 Å². The molecule has 2 amide bonds. The van der Waals surface area contributed by atoms with Crippen LogP contribution in [0.15, 0.2) is 72.8 Å². The number of methoxy groups -OCH3 is 1. The second-order valence-electron chi connectivity index (χ2n) is 10.3. The molecule has 1 N–H and O–H groups in total. The lowest BCUT2D eigenvalue weighted by Gasteiger charge is -2.33. The minimum Gasteiger partial charge on any atom is -0.497 e. The minimum absolute atomic E-state index is 0.000717. The van der Waals surface area contributed by atoms with Crippen LogP contribution in [0.3, 0.4) is 0 Å². The van der Waals surface area contributed by atoms with E-state index in [2.05, 4.69) is 20.7 Å². The fourth-order valence-electron chi connectivity index (χ4n) is 5.13. The summed E-state index contributed by atoms with van der Waals surface area (Å²) in [6.07, 6.45) is 4.85. The Kier molecular flexibility index (Phi) is 9.15. The fourth-order valence-corrected chi connectivity index (χ4v) is 5.13. The molecule has 0 spiro atoms. The van der Waals surface area contributed by atoms with Gasteiger partial charge in [0.2, 0.25) is 17.6 Å². The predicted octanol–water partition coefficient (Wildman–Crippen LogP) is 4.85. The second kappa shape index (κ2) is 13.3. The Morgan fingerprint density at radius 2 is 1.60 bits per heavy atom. The molecule has 0 aliphatic heterocycles. The number of ether oxygens (including phenoxy) is 1. The topological polar surface area (TPSA) is 102 Å². The van der Waals surface area contributed by atoms with E-state index in [-0.39, 0.29) is 25.0 Å². The highest BCUT2D eigenvalue weighted by Gasteiger charge is 2.33. The van der Waals surface area contributed by atoms with Crippen molar-refractivity contribution < 1.29 is 23.1 Å². The van der Waals surface area contributed by atoms with E-state index >= 15 is 0 Å². The van der Waals surface area contributed by atoms with Crippen molar-refractivity contribution >= 4 is 11.8 Å². The Bertz CT molecular complexity index is 1490. The minimum atomic E-state index is -1.07. The first-order chi connectivity index (χ1) is 20.4. The van der Waals surface area contributed by atoms with Crippen LogP contribution >= 0.6 is 0 Å². The molecule has 11 heteroatoms. The number of aromatic nitrogens is 4. The summed E-state index contributed by atoms with van der Waals surface area (Å²) in [6, 6.07) is 17.3. The Balaban J connectivity index is 1.45. The van der Waals surface area contributed by atoms with E-state index in [0.29, 0.717) is 28.3 Å². The van der Waals surface area contributed by atoms with Crippen molar-refractivity contribution in [2.45, 2.75) is 57.3 Å². The molecule has 1 heterocycles. The zero-order chi connectivity index (χ0) is 29.5. The number of carbonyl (C=O) groups excluding carboxylic acids is 2. The normalized spacial score (nSPS) is 14.3. The standard InChI is InChI=1S/C31H32F2N6O3/c1-42-27-17-11-23(12-18-27)30-35-37-39(36-30)20-28(40)38(19-21-7-13-24(32)14-8-21)29(22-9-15-25(33)16-10-22)31(41)34-26-5-3-2-4-6-26/h7-18,26,29H,2-6,19-20H2,1H3,(H,34,41)/t29-/m0/s1. The smallest absolute Gasteiger partial charge is 0.247 e. The number of tetrazole rings is 1. The summed E-state index contributed by atoms with van der Waals surface area (Å²) in [5.74, 6) is -0.712. The predicted molar refractivity (Wildman–Crippen MR) is 151 cm³/mol. The number of hydrogen-bond acceptors (Lipinski definition) is 6. The first kappa shape index (κ1) is 28.8. The summed E-state index contributed by atoms with van der Waals surface area (Å²) in [4.78, 5) is 30.4. The third kappa shape index (κ3) is 7.15. The second-order valence-corrected chi connectivity index (χ2v) is 10.3. The number of nitrogens with zero attached hydrogens (tertiary/aromatic N) is 5. The summed E-state index contributed by atoms with van der Waals surface area (Å²) in [7, 11) is 1.57. The van der Waals surface area contributed by atoms with E-state index in [0.717, 1.165) is 32.1 Å². The molecule has 1 atom stereocenters. The van der Waals surface area contributed by atoms with Gasteiger partial charge >= 0.3 is 0 Å². The summed E-state index contributed by atoms with van der Waals surface area (Å²) in [5.41, 5.74) is 1.76. The van der Waals surface area contributed by atoms with Crippen LogP contribution in [-0.4, -0.2) is 50.1 Å². The van der Waals surface area contributed by atoms with E-state index in [1.807, 2.05) is 0 Å². The van der Waals surface area contributed by atoms with E-state index < -0.39 is 23.6 Å². The molecule has 1 aliphatic carbocycles. The monoisotopic (exact) mass is 574 g/mol. The average molecular weight is 575 g/mol. The van der Waals surface area contributed by atoms with Crippen LogP contribution in [-0.2, 0) is 22.7 Å². The lowest BCUT2D eigenvalue weighted by molar-refractivity contribution is -0.142. The molecule has 0 radical (unpaired) electrons. The van der Waals surface area contributed by atoms with Crippen molar-refractivity contribution in [2.24, 2.45) is 0 Å². The van der Waals surface area contributed by atoms with Gasteiger partial charge in [0, 0.05) is 18.2 Å². The van der Waals surface area contributed by atoms with E-state index in [9.17, 15) is 18.4 Å². The molecule has 1 fully saturated rings. The highest BCUT2D eigenvalue weighted by Crippen LogP contribution is 2.27. The van der Waals surface area contributed by atoms with Crippen LogP contribution in [0.5, 0.6) is 5.75 Å². The van der Waals surface area contributed by atoms with Crippen LogP contribution in [0.25, 0.3) is 11.4 Å². The third-order valence-corrected chi connectivity index (χ3v) is 7.36. The Labute approximate surface area is 242 Å². The maximum absolute atomic E-state index is 13.9. The number of amides is 2. The molecule has 0 bridgehead atoms. The van der Waals surface area contributed by atoms with Gasteiger partial charge in [0.25, 0.3) is 0 Å². The van der Waals surface area contributed by atoms with Gasteiger partial charge in [-0.05, 0) is 77.7 Å². The fraction of sp³-hybridized carbons (Fsp3) is 0.323.